The maximum Gasteiger partial charge on any atom is 0.0666 e. The molecule has 2 rings (SSSR count). The second-order valence-corrected chi connectivity index (χ2v) is 5.71. The highest BCUT2D eigenvalue weighted by atomic mass is 127. The Morgan fingerprint density at radius 1 is 1.12 bits per heavy atom. The van der Waals surface area contributed by atoms with Gasteiger partial charge in [0.25, 0.3) is 0 Å². The number of hydrogen-bond donors (Lipinski definition) is 0. The van der Waals surface area contributed by atoms with Crippen molar-refractivity contribution in [3.05, 3.63) is 63.5 Å². The van der Waals surface area contributed by atoms with Crippen LogP contribution in [0, 0.1) is 3.57 Å². The van der Waals surface area contributed by atoms with E-state index in [9.17, 15) is 0 Å². The van der Waals surface area contributed by atoms with Crippen molar-refractivity contribution < 1.29 is 0 Å². The molecule has 0 amide bonds. The number of hydrogen-bond acceptors (Lipinski definition) is 1. The first-order valence-electron chi connectivity index (χ1n) is 5.49. The second-order valence-electron chi connectivity index (χ2n) is 4.00. The van der Waals surface area contributed by atoms with Crippen LogP contribution in [0.25, 0.3) is 0 Å². The second kappa shape index (κ2) is 5.83. The molecule has 0 aliphatic heterocycles. The van der Waals surface area contributed by atoms with Crippen LogP contribution in [0.3, 0.4) is 0 Å². The Kier molecular flexibility index (Phi) is 4.40. The molecule has 3 heteroatoms. The lowest BCUT2D eigenvalue weighted by Gasteiger charge is -2.17. The third kappa shape index (κ3) is 3.19. The van der Waals surface area contributed by atoms with Crippen molar-refractivity contribution in [3.63, 3.8) is 0 Å². The lowest BCUT2D eigenvalue weighted by Crippen LogP contribution is -2.04. The Morgan fingerprint density at radius 3 is 2.41 bits per heavy atom. The van der Waals surface area contributed by atoms with E-state index >= 15 is 0 Å². The Balaban J connectivity index is 2.20. The molecule has 0 aliphatic carbocycles. The van der Waals surface area contributed by atoms with Gasteiger partial charge in [0.15, 0.2) is 0 Å². The zero-order valence-electron chi connectivity index (χ0n) is 9.48. The largest absolute Gasteiger partial charge is 0.261 e. The van der Waals surface area contributed by atoms with Crippen LogP contribution in [0.4, 0.5) is 0 Å². The summed E-state index contributed by atoms with van der Waals surface area (Å²) in [6.45, 7) is 2.11. The number of pyridine rings is 1. The fourth-order valence-corrected chi connectivity index (χ4v) is 2.36. The fraction of sp³-hybridized carbons (Fsp3) is 0.214. The van der Waals surface area contributed by atoms with Gasteiger partial charge >= 0.3 is 0 Å². The SMILES string of the molecule is CC(c1ccccn1)C(Cl)c1ccc(I)cc1. The Hall–Kier alpha value is -0.610. The van der Waals surface area contributed by atoms with E-state index in [-0.39, 0.29) is 11.3 Å². The van der Waals surface area contributed by atoms with E-state index in [2.05, 4.69) is 58.8 Å². The molecule has 0 bridgehead atoms. The van der Waals surface area contributed by atoms with Crippen molar-refractivity contribution in [2.45, 2.75) is 18.2 Å². The third-order valence-electron chi connectivity index (χ3n) is 2.78. The summed E-state index contributed by atoms with van der Waals surface area (Å²) < 4.78 is 1.22. The Labute approximate surface area is 120 Å². The summed E-state index contributed by atoms with van der Waals surface area (Å²) in [5.41, 5.74) is 2.18. The molecule has 1 nitrogen and oxygen atoms in total. The third-order valence-corrected chi connectivity index (χ3v) is 4.13. The maximum absolute atomic E-state index is 6.50. The van der Waals surface area contributed by atoms with E-state index in [1.54, 1.807) is 0 Å². The van der Waals surface area contributed by atoms with Crippen molar-refractivity contribution in [3.8, 4) is 0 Å². The van der Waals surface area contributed by atoms with E-state index in [0.29, 0.717) is 0 Å². The van der Waals surface area contributed by atoms with Crippen LogP contribution in [-0.4, -0.2) is 4.98 Å². The van der Waals surface area contributed by atoms with Gasteiger partial charge in [-0.3, -0.25) is 4.98 Å². The van der Waals surface area contributed by atoms with Gasteiger partial charge in [0.1, 0.15) is 0 Å². The van der Waals surface area contributed by atoms with Gasteiger partial charge in [0.2, 0.25) is 0 Å². The Morgan fingerprint density at radius 2 is 1.82 bits per heavy atom. The van der Waals surface area contributed by atoms with Gasteiger partial charge in [-0.1, -0.05) is 25.1 Å². The maximum atomic E-state index is 6.50. The molecule has 0 spiro atoms. The summed E-state index contributed by atoms with van der Waals surface area (Å²) in [6, 6.07) is 14.3. The lowest BCUT2D eigenvalue weighted by atomic mass is 9.97. The van der Waals surface area contributed by atoms with Gasteiger partial charge in [0.05, 0.1) is 5.38 Å². The molecule has 0 aliphatic rings. The highest BCUT2D eigenvalue weighted by Crippen LogP contribution is 2.35. The van der Waals surface area contributed by atoms with Crippen LogP contribution in [0.1, 0.15) is 29.5 Å². The summed E-state index contributed by atoms with van der Waals surface area (Å²) in [5, 5.41) is -0.0399. The molecule has 2 atom stereocenters. The molecule has 0 fully saturated rings. The van der Waals surface area contributed by atoms with Crippen LogP contribution in [0.15, 0.2) is 48.7 Å². The summed E-state index contributed by atoms with van der Waals surface area (Å²) in [5.74, 6) is 0.206. The number of benzene rings is 1. The van der Waals surface area contributed by atoms with Crippen molar-refractivity contribution in [1.29, 1.82) is 0 Å². The summed E-state index contributed by atoms with van der Waals surface area (Å²) in [7, 11) is 0. The van der Waals surface area contributed by atoms with Crippen LogP contribution >= 0.6 is 34.2 Å². The van der Waals surface area contributed by atoms with Crippen molar-refractivity contribution in [1.82, 2.24) is 4.98 Å². The predicted molar refractivity (Wildman–Crippen MR) is 80.4 cm³/mol. The van der Waals surface area contributed by atoms with Gasteiger partial charge in [-0.25, -0.2) is 0 Å². The average molecular weight is 358 g/mol. The van der Waals surface area contributed by atoms with Crippen molar-refractivity contribution in [2.75, 3.05) is 0 Å². The van der Waals surface area contributed by atoms with Crippen LogP contribution in [0.2, 0.25) is 0 Å². The van der Waals surface area contributed by atoms with Crippen molar-refractivity contribution in [2.24, 2.45) is 0 Å². The lowest BCUT2D eigenvalue weighted by molar-refractivity contribution is 0.706. The molecule has 2 aromatic rings. The Bertz CT molecular complexity index is 469. The summed E-state index contributed by atoms with van der Waals surface area (Å²) in [6.07, 6.45) is 1.81. The minimum atomic E-state index is -0.0399. The normalized spacial score (nSPS) is 14.3. The first-order valence-corrected chi connectivity index (χ1v) is 7.00. The quantitative estimate of drug-likeness (QED) is 0.569. The molecule has 0 saturated heterocycles. The van der Waals surface area contributed by atoms with E-state index in [4.69, 9.17) is 11.6 Å². The number of rotatable bonds is 3. The zero-order valence-corrected chi connectivity index (χ0v) is 12.4. The van der Waals surface area contributed by atoms with Gasteiger partial charge in [-0.05, 0) is 52.4 Å². The molecule has 2 unspecified atom stereocenters. The molecule has 1 heterocycles. The number of aromatic nitrogens is 1. The predicted octanol–water partition coefficient (Wildman–Crippen LogP) is 4.77. The molecule has 0 saturated carbocycles. The van der Waals surface area contributed by atoms with Gasteiger partial charge in [0, 0.05) is 21.4 Å². The van der Waals surface area contributed by atoms with Gasteiger partial charge < -0.3 is 0 Å². The molecule has 0 N–H and O–H groups in total. The standard InChI is InChI=1S/C14H13ClIN/c1-10(13-4-2-3-9-17-13)14(15)11-5-7-12(16)8-6-11/h2-10,14H,1H3. The van der Waals surface area contributed by atoms with E-state index in [0.717, 1.165) is 11.3 Å². The molecule has 1 aromatic heterocycles. The number of halogens is 2. The molecule has 88 valence electrons. The summed E-state index contributed by atoms with van der Waals surface area (Å²) >= 11 is 8.79. The minimum Gasteiger partial charge on any atom is -0.261 e. The van der Waals surface area contributed by atoms with Gasteiger partial charge in [-0.2, -0.15) is 0 Å². The van der Waals surface area contributed by atoms with Crippen LogP contribution in [-0.2, 0) is 0 Å². The smallest absolute Gasteiger partial charge is 0.0666 e. The topological polar surface area (TPSA) is 12.9 Å². The average Bonchev–Trinajstić information content (AvgIpc) is 2.39. The molecule has 1 aromatic carbocycles. The first-order chi connectivity index (χ1) is 8.18. The molecule has 0 radical (unpaired) electrons. The highest BCUT2D eigenvalue weighted by molar-refractivity contribution is 14.1. The minimum absolute atomic E-state index is 0.0399. The monoisotopic (exact) mass is 357 g/mol. The highest BCUT2D eigenvalue weighted by Gasteiger charge is 2.19. The van der Waals surface area contributed by atoms with Crippen LogP contribution in [0.5, 0.6) is 0 Å². The van der Waals surface area contributed by atoms with E-state index in [1.165, 1.54) is 3.57 Å². The number of nitrogens with zero attached hydrogens (tertiary/aromatic N) is 1. The van der Waals surface area contributed by atoms with Crippen LogP contribution < -0.4 is 0 Å². The van der Waals surface area contributed by atoms with E-state index < -0.39 is 0 Å². The van der Waals surface area contributed by atoms with Crippen molar-refractivity contribution >= 4 is 34.2 Å². The molecule has 17 heavy (non-hydrogen) atoms. The zero-order chi connectivity index (χ0) is 12.3. The van der Waals surface area contributed by atoms with E-state index in [1.807, 2.05) is 24.4 Å². The summed E-state index contributed by atoms with van der Waals surface area (Å²) in [4.78, 5) is 4.36. The first kappa shape index (κ1) is 12.8. The molecular formula is C14H13ClIN. The fourth-order valence-electron chi connectivity index (χ4n) is 1.73. The molecular weight excluding hydrogens is 345 g/mol. The van der Waals surface area contributed by atoms with Gasteiger partial charge in [-0.15, -0.1) is 11.6 Å². The number of alkyl halides is 1.